The fourth-order valence-electron chi connectivity index (χ4n) is 3.01. The summed E-state index contributed by atoms with van der Waals surface area (Å²) in [5.74, 6) is 0.759. The molecule has 1 aliphatic heterocycles. The van der Waals surface area contributed by atoms with Crippen molar-refractivity contribution in [3.63, 3.8) is 0 Å². The van der Waals surface area contributed by atoms with Crippen LogP contribution in [0.1, 0.15) is 18.1 Å². The Kier molecular flexibility index (Phi) is 4.74. The van der Waals surface area contributed by atoms with Crippen LogP contribution in [0.15, 0.2) is 48.5 Å². The highest BCUT2D eigenvalue weighted by Gasteiger charge is 2.25. The van der Waals surface area contributed by atoms with Gasteiger partial charge in [0, 0.05) is 32.4 Å². The molecular formula is C20H24N2O2. The third kappa shape index (κ3) is 3.53. The van der Waals surface area contributed by atoms with Crippen LogP contribution in [0.5, 0.6) is 5.75 Å². The van der Waals surface area contributed by atoms with Crippen LogP contribution in [-0.2, 0) is 11.3 Å². The van der Waals surface area contributed by atoms with Crippen molar-refractivity contribution in [2.24, 2.45) is 0 Å². The van der Waals surface area contributed by atoms with E-state index in [0.29, 0.717) is 13.1 Å². The molecule has 1 aliphatic rings. The first kappa shape index (κ1) is 16.4. The predicted molar refractivity (Wildman–Crippen MR) is 96.4 cm³/mol. The second kappa shape index (κ2) is 6.95. The Labute approximate surface area is 143 Å². The van der Waals surface area contributed by atoms with E-state index < -0.39 is 6.10 Å². The molecule has 126 valence electrons. The number of carbonyl (C=O) groups excluding carboxylic acids is 1. The van der Waals surface area contributed by atoms with Gasteiger partial charge in [0.2, 0.25) is 0 Å². The second-order valence-corrected chi connectivity index (χ2v) is 6.38. The van der Waals surface area contributed by atoms with E-state index in [9.17, 15) is 4.79 Å². The molecule has 0 bridgehead atoms. The van der Waals surface area contributed by atoms with E-state index in [0.717, 1.165) is 12.3 Å². The molecule has 1 amide bonds. The number of likely N-dealkylation sites (N-methyl/N-ethyl adjacent to an activating group) is 1. The van der Waals surface area contributed by atoms with Gasteiger partial charge in [-0.2, -0.15) is 0 Å². The highest BCUT2D eigenvalue weighted by molar-refractivity contribution is 5.81. The Hall–Kier alpha value is -2.49. The highest BCUT2D eigenvalue weighted by atomic mass is 16.5. The van der Waals surface area contributed by atoms with Crippen molar-refractivity contribution in [2.75, 3.05) is 25.0 Å². The Balaban J connectivity index is 1.71. The maximum Gasteiger partial charge on any atom is 0.263 e. The van der Waals surface area contributed by atoms with E-state index in [-0.39, 0.29) is 5.91 Å². The number of ether oxygens (including phenoxy) is 1. The van der Waals surface area contributed by atoms with Crippen LogP contribution in [0, 0.1) is 6.92 Å². The molecule has 0 aromatic heterocycles. The molecule has 0 spiro atoms. The molecule has 0 aliphatic carbocycles. The van der Waals surface area contributed by atoms with E-state index in [4.69, 9.17) is 4.74 Å². The standard InChI is InChI=1S/C20H24N2O2/c1-15-8-10-18(11-9-15)24-16(2)20(23)22-13-12-21(3)19-7-5-4-6-17(19)14-22/h4-11,16H,12-14H2,1-3H3. The molecule has 2 aromatic carbocycles. The average molecular weight is 324 g/mol. The molecule has 3 rings (SSSR count). The number of anilines is 1. The number of hydrogen-bond acceptors (Lipinski definition) is 3. The lowest BCUT2D eigenvalue weighted by Gasteiger charge is -2.25. The van der Waals surface area contributed by atoms with Crippen LogP contribution >= 0.6 is 0 Å². The molecule has 0 saturated carbocycles. The minimum Gasteiger partial charge on any atom is -0.481 e. The number of rotatable bonds is 3. The third-order valence-corrected chi connectivity index (χ3v) is 4.46. The van der Waals surface area contributed by atoms with E-state index in [1.54, 1.807) is 0 Å². The van der Waals surface area contributed by atoms with Gasteiger partial charge in [0.1, 0.15) is 5.75 Å². The van der Waals surface area contributed by atoms with Crippen LogP contribution in [0.25, 0.3) is 0 Å². The van der Waals surface area contributed by atoms with Gasteiger partial charge in [-0.1, -0.05) is 35.9 Å². The van der Waals surface area contributed by atoms with Crippen LogP contribution in [0.2, 0.25) is 0 Å². The minimum absolute atomic E-state index is 0.0284. The number of nitrogens with zero attached hydrogens (tertiary/aromatic N) is 2. The van der Waals surface area contributed by atoms with Gasteiger partial charge in [0.15, 0.2) is 6.10 Å². The van der Waals surface area contributed by atoms with Gasteiger partial charge in [-0.25, -0.2) is 0 Å². The molecule has 24 heavy (non-hydrogen) atoms. The molecule has 1 atom stereocenters. The van der Waals surface area contributed by atoms with Crippen LogP contribution in [0.3, 0.4) is 0 Å². The lowest BCUT2D eigenvalue weighted by molar-refractivity contribution is -0.138. The molecule has 0 saturated heterocycles. The first-order chi connectivity index (χ1) is 11.5. The van der Waals surface area contributed by atoms with Crippen molar-refractivity contribution in [1.82, 2.24) is 4.90 Å². The normalized spacial score (nSPS) is 15.5. The molecule has 1 heterocycles. The van der Waals surface area contributed by atoms with Gasteiger partial charge in [-0.05, 0) is 37.6 Å². The highest BCUT2D eigenvalue weighted by Crippen LogP contribution is 2.24. The van der Waals surface area contributed by atoms with Crippen LogP contribution < -0.4 is 9.64 Å². The zero-order valence-corrected chi connectivity index (χ0v) is 14.5. The SMILES string of the molecule is Cc1ccc(OC(C)C(=O)N2CCN(C)c3ccccc3C2)cc1. The summed E-state index contributed by atoms with van der Waals surface area (Å²) in [5, 5.41) is 0. The predicted octanol–water partition coefficient (Wildman–Crippen LogP) is 3.24. The first-order valence-electron chi connectivity index (χ1n) is 8.36. The van der Waals surface area contributed by atoms with Crippen molar-refractivity contribution in [3.05, 3.63) is 59.7 Å². The van der Waals surface area contributed by atoms with Gasteiger partial charge < -0.3 is 14.5 Å². The van der Waals surface area contributed by atoms with Crippen molar-refractivity contribution < 1.29 is 9.53 Å². The summed E-state index contributed by atoms with van der Waals surface area (Å²) in [6.45, 7) is 6.00. The molecular weight excluding hydrogens is 300 g/mol. The van der Waals surface area contributed by atoms with E-state index in [2.05, 4.69) is 24.1 Å². The topological polar surface area (TPSA) is 32.8 Å². The summed E-state index contributed by atoms with van der Waals surface area (Å²) >= 11 is 0. The number of carbonyl (C=O) groups is 1. The van der Waals surface area contributed by atoms with Gasteiger partial charge in [0.25, 0.3) is 5.91 Å². The van der Waals surface area contributed by atoms with Crippen molar-refractivity contribution in [3.8, 4) is 5.75 Å². The Morgan fingerprint density at radius 1 is 1.08 bits per heavy atom. The quantitative estimate of drug-likeness (QED) is 0.869. The molecule has 4 heteroatoms. The number of fused-ring (bicyclic) bond motifs is 1. The minimum atomic E-state index is -0.497. The molecule has 0 fully saturated rings. The maximum absolute atomic E-state index is 12.8. The summed E-state index contributed by atoms with van der Waals surface area (Å²) in [7, 11) is 2.07. The number of amides is 1. The summed E-state index contributed by atoms with van der Waals surface area (Å²) < 4.78 is 5.84. The molecule has 1 unspecified atom stereocenters. The smallest absolute Gasteiger partial charge is 0.263 e. The van der Waals surface area contributed by atoms with Crippen molar-refractivity contribution in [1.29, 1.82) is 0 Å². The average Bonchev–Trinajstić information content (AvgIpc) is 2.76. The molecule has 4 nitrogen and oxygen atoms in total. The third-order valence-electron chi connectivity index (χ3n) is 4.46. The maximum atomic E-state index is 12.8. The van der Waals surface area contributed by atoms with Crippen molar-refractivity contribution >= 4 is 11.6 Å². The molecule has 2 aromatic rings. The number of hydrogen-bond donors (Lipinski definition) is 0. The van der Waals surface area contributed by atoms with Gasteiger partial charge in [-0.3, -0.25) is 4.79 Å². The first-order valence-corrected chi connectivity index (χ1v) is 8.36. The summed E-state index contributed by atoms with van der Waals surface area (Å²) in [4.78, 5) is 16.9. The molecule has 0 N–H and O–H groups in total. The van der Waals surface area contributed by atoms with Gasteiger partial charge in [-0.15, -0.1) is 0 Å². The fourth-order valence-corrected chi connectivity index (χ4v) is 3.01. The number of benzene rings is 2. The molecule has 0 radical (unpaired) electrons. The Morgan fingerprint density at radius 2 is 1.79 bits per heavy atom. The largest absolute Gasteiger partial charge is 0.481 e. The van der Waals surface area contributed by atoms with Gasteiger partial charge >= 0.3 is 0 Å². The Bertz CT molecular complexity index is 712. The summed E-state index contributed by atoms with van der Waals surface area (Å²) in [6, 6.07) is 16.0. The Morgan fingerprint density at radius 3 is 2.54 bits per heavy atom. The zero-order valence-electron chi connectivity index (χ0n) is 14.5. The zero-order chi connectivity index (χ0) is 17.1. The van der Waals surface area contributed by atoms with E-state index in [1.807, 2.05) is 55.1 Å². The van der Waals surface area contributed by atoms with Gasteiger partial charge in [0.05, 0.1) is 0 Å². The number of para-hydroxylation sites is 1. The summed E-state index contributed by atoms with van der Waals surface area (Å²) in [5.41, 5.74) is 3.54. The van der Waals surface area contributed by atoms with Crippen molar-refractivity contribution in [2.45, 2.75) is 26.5 Å². The van der Waals surface area contributed by atoms with E-state index >= 15 is 0 Å². The fraction of sp³-hybridized carbons (Fsp3) is 0.350. The monoisotopic (exact) mass is 324 g/mol. The second-order valence-electron chi connectivity index (χ2n) is 6.38. The van der Waals surface area contributed by atoms with Crippen LogP contribution in [0.4, 0.5) is 5.69 Å². The lowest BCUT2D eigenvalue weighted by atomic mass is 10.1. The van der Waals surface area contributed by atoms with E-state index in [1.165, 1.54) is 16.8 Å². The lowest BCUT2D eigenvalue weighted by Crippen LogP contribution is -2.41. The summed E-state index contributed by atoms with van der Waals surface area (Å²) in [6.07, 6.45) is -0.497. The number of aryl methyl sites for hydroxylation is 1. The van der Waals surface area contributed by atoms with Crippen LogP contribution in [-0.4, -0.2) is 37.0 Å².